The topological polar surface area (TPSA) is 232 Å². The van der Waals surface area contributed by atoms with E-state index in [2.05, 4.69) is 53.0 Å². The van der Waals surface area contributed by atoms with Crippen LogP contribution in [0.15, 0.2) is 60.2 Å². The maximum Gasteiger partial charge on any atom is 0.267 e. The molecule has 2 aliphatic rings. The molecule has 5 amide bonds. The fraction of sp³-hybridized carbons (Fsp3) is 0.533. The van der Waals surface area contributed by atoms with Crippen molar-refractivity contribution in [3.05, 3.63) is 92.8 Å². The lowest BCUT2D eigenvalue weighted by Crippen LogP contribution is -2.57. The molecule has 81 heavy (non-hydrogen) atoms. The molecule has 5 heterocycles. The number of aromatic nitrogens is 4. The Balaban J connectivity index is 0.000000261. The van der Waals surface area contributed by atoms with Gasteiger partial charge < -0.3 is 41.1 Å². The maximum atomic E-state index is 13.7. The number of rotatable bonds is 25. The van der Waals surface area contributed by atoms with Gasteiger partial charge in [-0.25, -0.2) is 19.9 Å². The third-order valence-electron chi connectivity index (χ3n) is 14.4. The molecule has 438 valence electrons. The molecule has 18 nitrogen and oxygen atoms in total. The predicted octanol–water partition coefficient (Wildman–Crippen LogP) is 10.8. The molecule has 0 unspecified atom stereocenters. The number of thiazole rings is 2. The molecule has 3 aromatic heterocycles. The van der Waals surface area contributed by atoms with E-state index in [1.165, 1.54) is 41.7 Å². The molecule has 2 fully saturated rings. The van der Waals surface area contributed by atoms with Crippen molar-refractivity contribution in [2.45, 2.75) is 170 Å². The molecule has 0 radical (unpaired) electrons. The summed E-state index contributed by atoms with van der Waals surface area (Å²) in [6.45, 7) is 18.5. The number of amides is 5. The Morgan fingerprint density at radius 1 is 0.840 bits per heavy atom. The van der Waals surface area contributed by atoms with Crippen LogP contribution in [-0.2, 0) is 30.5 Å². The number of para-hydroxylation sites is 1. The van der Waals surface area contributed by atoms with Gasteiger partial charge in [0.15, 0.2) is 5.13 Å². The number of hydrogen-bond donors (Lipinski definition) is 5. The van der Waals surface area contributed by atoms with Crippen LogP contribution in [-0.4, -0.2) is 121 Å². The van der Waals surface area contributed by atoms with Crippen molar-refractivity contribution >= 4 is 92.0 Å². The zero-order valence-electron chi connectivity index (χ0n) is 48.4. The summed E-state index contributed by atoms with van der Waals surface area (Å²) in [5, 5.41) is 23.4. The maximum absolute atomic E-state index is 13.7. The number of hydrogen-bond acceptors (Lipinski definition) is 15. The van der Waals surface area contributed by atoms with Gasteiger partial charge in [-0.2, -0.15) is 0 Å². The van der Waals surface area contributed by atoms with Crippen LogP contribution >= 0.6 is 34.3 Å². The standard InChI is InChI=1S/C31H46N4O4S.C29H36ClN7O3S/c1-6-7-8-9-10-11-12-26(37)34-28(31(3,4)5)30(39)35-19-24(36)17-25(35)29(38)32-18-22-13-15-23(16-14-22)27-21(2)33-20-40-27;1-4-21(38)10-6-5-7-12-26(39)37-15-13-36(14-16-37)25-17-24(32-20(3)33-25)34-29-31-18-23(41-29)28(40)35-27-19(2)9-8-11-22(27)30/h13-16,20,24-25,28,36H,6-12,17-19H2,1-5H3,(H,32,38)(H,34,37);8-9,11,17-18H,4-7,10,12-16H2,1-3H3,(H,35,40)(H,31,32,33,34)/t24-,25+,28-;/m1./s1. The minimum absolute atomic E-state index is 0.0691. The van der Waals surface area contributed by atoms with E-state index in [0.29, 0.717) is 90.8 Å². The summed E-state index contributed by atoms with van der Waals surface area (Å²) in [6.07, 6.45) is 12.0. The highest BCUT2D eigenvalue weighted by atomic mass is 35.5. The number of piperazine rings is 1. The number of ketones is 1. The minimum atomic E-state index is -0.791. The van der Waals surface area contributed by atoms with Gasteiger partial charge in [-0.1, -0.05) is 132 Å². The van der Waals surface area contributed by atoms with E-state index in [1.807, 2.05) is 101 Å². The van der Waals surface area contributed by atoms with E-state index >= 15 is 0 Å². The molecule has 0 aliphatic carbocycles. The molecular formula is C60H82ClN11O7S2. The molecule has 3 atom stereocenters. The van der Waals surface area contributed by atoms with Crippen molar-refractivity contribution in [2.75, 3.05) is 48.3 Å². The first kappa shape index (κ1) is 63.8. The van der Waals surface area contributed by atoms with Crippen molar-refractivity contribution in [3.63, 3.8) is 0 Å². The highest BCUT2D eigenvalue weighted by molar-refractivity contribution is 7.17. The van der Waals surface area contributed by atoms with Crippen molar-refractivity contribution in [1.82, 2.24) is 40.4 Å². The molecule has 2 saturated heterocycles. The van der Waals surface area contributed by atoms with E-state index in [-0.39, 0.29) is 48.3 Å². The number of β-amino-alcohol motifs (C(OH)–C–C–N with tert-alkyl or cyclic N) is 1. The second-order valence-corrected chi connectivity index (χ2v) is 24.3. The molecule has 7 rings (SSSR count). The number of benzene rings is 2. The summed E-state index contributed by atoms with van der Waals surface area (Å²) in [6, 6.07) is 13.7. The van der Waals surface area contributed by atoms with Crippen molar-refractivity contribution < 1.29 is 33.9 Å². The van der Waals surface area contributed by atoms with Crippen LogP contribution in [0.5, 0.6) is 0 Å². The summed E-state index contributed by atoms with van der Waals surface area (Å²) in [5.74, 6) is 1.34. The largest absolute Gasteiger partial charge is 0.391 e. The van der Waals surface area contributed by atoms with E-state index < -0.39 is 23.6 Å². The van der Waals surface area contributed by atoms with Crippen molar-refractivity contribution in [2.24, 2.45) is 5.41 Å². The van der Waals surface area contributed by atoms with Crippen LogP contribution in [0.1, 0.15) is 157 Å². The van der Waals surface area contributed by atoms with Gasteiger partial charge in [0.25, 0.3) is 5.91 Å². The number of aliphatic hydroxyl groups is 1. The van der Waals surface area contributed by atoms with Gasteiger partial charge in [0.1, 0.15) is 40.2 Å². The number of halogens is 1. The number of nitrogens with zero attached hydrogens (tertiary/aromatic N) is 7. The highest BCUT2D eigenvalue weighted by Gasteiger charge is 2.44. The molecule has 21 heteroatoms. The predicted molar refractivity (Wildman–Crippen MR) is 323 cm³/mol. The Bertz CT molecular complexity index is 2880. The van der Waals surface area contributed by atoms with E-state index in [1.54, 1.807) is 17.4 Å². The van der Waals surface area contributed by atoms with Crippen LogP contribution in [0.3, 0.4) is 0 Å². The first-order valence-electron chi connectivity index (χ1n) is 28.5. The number of anilines is 4. The van der Waals surface area contributed by atoms with Crippen molar-refractivity contribution in [3.8, 4) is 10.4 Å². The van der Waals surface area contributed by atoms with Gasteiger partial charge in [0, 0.05) is 77.4 Å². The SMILES string of the molecule is CCC(=O)CCCCCC(=O)N1CCN(c2cc(Nc3ncc(C(=O)Nc4c(C)cccc4Cl)s3)nc(C)n2)CC1.CCCCCCCCC(=O)N[C@H](C(=O)N1C[C@H](O)C[C@H]1C(=O)NCc1ccc(-c2scnc2C)cc1)C(C)(C)C. The Labute approximate surface area is 490 Å². The normalized spacial score (nSPS) is 15.6. The summed E-state index contributed by atoms with van der Waals surface area (Å²) < 4.78 is 0. The highest BCUT2D eigenvalue weighted by Crippen LogP contribution is 2.31. The number of carbonyl (C=O) groups is 6. The smallest absolute Gasteiger partial charge is 0.267 e. The summed E-state index contributed by atoms with van der Waals surface area (Å²) >= 11 is 9.06. The molecule has 0 saturated carbocycles. The number of nitrogens with one attached hydrogen (secondary N) is 4. The number of unbranched alkanes of at least 4 members (excludes halogenated alkanes) is 7. The van der Waals surface area contributed by atoms with E-state index in [4.69, 9.17) is 11.6 Å². The Morgan fingerprint density at radius 3 is 2.21 bits per heavy atom. The average molecular weight is 1170 g/mol. The van der Waals surface area contributed by atoms with E-state index in [0.717, 1.165) is 71.6 Å². The third kappa shape index (κ3) is 19.4. The molecule has 0 bridgehead atoms. The zero-order valence-corrected chi connectivity index (χ0v) is 50.8. The van der Waals surface area contributed by atoms with Gasteiger partial charge in [-0.05, 0) is 68.2 Å². The summed E-state index contributed by atoms with van der Waals surface area (Å²) in [4.78, 5) is 101. The molecule has 0 spiro atoms. The lowest BCUT2D eigenvalue weighted by molar-refractivity contribution is -0.144. The third-order valence-corrected chi connectivity index (χ3v) is 16.6. The number of aryl methyl sites for hydroxylation is 3. The van der Waals surface area contributed by atoms with Gasteiger partial charge in [-0.3, -0.25) is 28.8 Å². The molecule has 5 N–H and O–H groups in total. The number of likely N-dealkylation sites (tertiary alicyclic amines) is 1. The number of Topliss-reactive ketones (excluding diaryl/α,β-unsaturated/α-hetero) is 1. The summed E-state index contributed by atoms with van der Waals surface area (Å²) in [7, 11) is 0. The van der Waals surface area contributed by atoms with Gasteiger partial charge >= 0.3 is 0 Å². The first-order chi connectivity index (χ1) is 38.7. The van der Waals surface area contributed by atoms with Gasteiger partial charge in [0.2, 0.25) is 23.6 Å². The van der Waals surface area contributed by atoms with Gasteiger partial charge in [-0.15, -0.1) is 11.3 Å². The lowest BCUT2D eigenvalue weighted by atomic mass is 9.85. The molecular weight excluding hydrogens is 1090 g/mol. The van der Waals surface area contributed by atoms with Crippen LogP contribution in [0, 0.1) is 26.2 Å². The minimum Gasteiger partial charge on any atom is -0.391 e. The fourth-order valence-corrected chi connectivity index (χ4v) is 11.5. The molecule has 5 aromatic rings. The first-order valence-corrected chi connectivity index (χ1v) is 30.6. The lowest BCUT2D eigenvalue weighted by Gasteiger charge is -2.35. The zero-order chi connectivity index (χ0) is 58.6. The molecule has 2 aromatic carbocycles. The average Bonchev–Trinajstić information content (AvgIpc) is 4.24. The number of carbonyl (C=O) groups excluding carboxylic acids is 6. The second-order valence-electron chi connectivity index (χ2n) is 22.0. The second kappa shape index (κ2) is 31.2. The Hall–Kier alpha value is -6.35. The van der Waals surface area contributed by atoms with Crippen LogP contribution in [0.25, 0.3) is 10.4 Å². The molecule has 2 aliphatic heterocycles. The van der Waals surface area contributed by atoms with Crippen LogP contribution in [0.2, 0.25) is 5.02 Å². The summed E-state index contributed by atoms with van der Waals surface area (Å²) in [5.41, 5.74) is 5.73. The van der Waals surface area contributed by atoms with Crippen LogP contribution < -0.4 is 26.2 Å². The van der Waals surface area contributed by atoms with Crippen LogP contribution in [0.4, 0.5) is 22.5 Å². The monoisotopic (exact) mass is 1170 g/mol. The number of aliphatic hydroxyl groups excluding tert-OH is 1. The Morgan fingerprint density at radius 2 is 1.53 bits per heavy atom. The van der Waals surface area contributed by atoms with Crippen molar-refractivity contribution in [1.29, 1.82) is 0 Å². The van der Waals surface area contributed by atoms with E-state index in [9.17, 15) is 33.9 Å². The Kier molecular flexibility index (Phi) is 24.6. The fourth-order valence-electron chi connectivity index (χ4n) is 9.66. The van der Waals surface area contributed by atoms with Gasteiger partial charge in [0.05, 0.1) is 39.1 Å². The quantitative estimate of drug-likeness (QED) is 0.0343.